The molecule has 41 heavy (non-hydrogen) atoms. The Balaban J connectivity index is 1.55. The van der Waals surface area contributed by atoms with Crippen molar-refractivity contribution < 1.29 is 27.8 Å². The number of azo groups is 1. The largest absolute Gasteiger partial charge is 0.496 e. The number of methoxy groups -OCH3 is 1. The standard InChI is InChI=1S/C30H32ClN3O6S/c1-17-15-34(41(37,38)28-8-6-5-7-26(28)40-17)16-22-11-20(9-10-24(22)31)23(14-29(35)36)21-12-25-30(27(13-21)39-4)18(2)19(3)32-33-25/h5-13,17-19,23H,14-16H2,1-4H3,(H,35,36). The van der Waals surface area contributed by atoms with E-state index in [2.05, 4.69) is 17.2 Å². The molecule has 0 spiro atoms. The highest BCUT2D eigenvalue weighted by atomic mass is 35.5. The topological polar surface area (TPSA) is 118 Å². The molecule has 216 valence electrons. The molecule has 1 N–H and O–H groups in total. The predicted octanol–water partition coefficient (Wildman–Crippen LogP) is 6.52. The Hall–Kier alpha value is -3.47. The zero-order chi connectivity index (χ0) is 29.5. The summed E-state index contributed by atoms with van der Waals surface area (Å²) >= 11 is 6.60. The molecule has 11 heteroatoms. The second-order valence-electron chi connectivity index (χ2n) is 10.6. The normalized spacial score (nSPS) is 22.1. The van der Waals surface area contributed by atoms with Crippen LogP contribution in [0.3, 0.4) is 0 Å². The van der Waals surface area contributed by atoms with E-state index in [-0.39, 0.29) is 36.4 Å². The molecule has 9 nitrogen and oxygen atoms in total. The van der Waals surface area contributed by atoms with Crippen LogP contribution in [0, 0.1) is 0 Å². The van der Waals surface area contributed by atoms with Crippen LogP contribution in [0.2, 0.25) is 5.02 Å². The number of hydrogen-bond acceptors (Lipinski definition) is 7. The first kappa shape index (κ1) is 29.0. The van der Waals surface area contributed by atoms with Crippen molar-refractivity contribution in [3.8, 4) is 11.5 Å². The van der Waals surface area contributed by atoms with Crippen LogP contribution in [0.15, 0.2) is 69.7 Å². The average Bonchev–Trinajstić information content (AvgIpc) is 3.03. The lowest BCUT2D eigenvalue weighted by Crippen LogP contribution is -2.35. The molecule has 0 aromatic heterocycles. The van der Waals surface area contributed by atoms with Gasteiger partial charge in [-0.05, 0) is 60.9 Å². The number of aliphatic carboxylic acids is 1. The first-order chi connectivity index (χ1) is 19.5. The van der Waals surface area contributed by atoms with Gasteiger partial charge in [0.15, 0.2) is 0 Å². The smallest absolute Gasteiger partial charge is 0.304 e. The summed E-state index contributed by atoms with van der Waals surface area (Å²) in [5, 5.41) is 19.0. The molecule has 0 radical (unpaired) electrons. The Morgan fingerprint density at radius 2 is 1.90 bits per heavy atom. The van der Waals surface area contributed by atoms with Gasteiger partial charge in [-0.3, -0.25) is 4.79 Å². The molecule has 4 unspecified atom stereocenters. The van der Waals surface area contributed by atoms with Gasteiger partial charge in [0.25, 0.3) is 0 Å². The number of carbonyl (C=O) groups is 1. The van der Waals surface area contributed by atoms with E-state index in [4.69, 9.17) is 21.1 Å². The van der Waals surface area contributed by atoms with Gasteiger partial charge in [0.05, 0.1) is 31.8 Å². The van der Waals surface area contributed by atoms with E-state index in [1.54, 1.807) is 43.5 Å². The first-order valence-corrected chi connectivity index (χ1v) is 15.2. The fraction of sp³-hybridized carbons (Fsp3) is 0.367. The number of sulfonamides is 1. The molecule has 3 aromatic carbocycles. The summed E-state index contributed by atoms with van der Waals surface area (Å²) in [7, 11) is -2.30. The highest BCUT2D eigenvalue weighted by molar-refractivity contribution is 7.89. The van der Waals surface area contributed by atoms with Crippen molar-refractivity contribution in [3.63, 3.8) is 0 Å². The molecule has 2 aliphatic heterocycles. The Morgan fingerprint density at radius 3 is 2.63 bits per heavy atom. The second kappa shape index (κ2) is 11.4. The number of ether oxygens (including phenoxy) is 2. The van der Waals surface area contributed by atoms with Gasteiger partial charge in [0.2, 0.25) is 10.0 Å². The van der Waals surface area contributed by atoms with Crippen molar-refractivity contribution in [1.29, 1.82) is 0 Å². The molecule has 0 saturated carbocycles. The summed E-state index contributed by atoms with van der Waals surface area (Å²) in [4.78, 5) is 12.1. The fourth-order valence-electron chi connectivity index (χ4n) is 5.45. The molecule has 5 rings (SSSR count). The summed E-state index contributed by atoms with van der Waals surface area (Å²) in [5.41, 5.74) is 3.53. The number of rotatable bonds is 7. The van der Waals surface area contributed by atoms with Crippen LogP contribution in [0.25, 0.3) is 0 Å². The van der Waals surface area contributed by atoms with E-state index in [1.807, 2.05) is 26.0 Å². The Kier molecular flexibility index (Phi) is 8.09. The summed E-state index contributed by atoms with van der Waals surface area (Å²) in [5.74, 6) is -0.533. The minimum Gasteiger partial charge on any atom is -0.496 e. The van der Waals surface area contributed by atoms with Crippen LogP contribution >= 0.6 is 11.6 Å². The number of hydrogen-bond donors (Lipinski definition) is 1. The maximum atomic E-state index is 13.6. The van der Waals surface area contributed by atoms with Crippen LogP contribution in [0.1, 0.15) is 61.3 Å². The van der Waals surface area contributed by atoms with Crippen molar-refractivity contribution in [2.24, 2.45) is 10.2 Å². The van der Waals surface area contributed by atoms with Gasteiger partial charge in [-0.2, -0.15) is 14.5 Å². The molecule has 0 bridgehead atoms. The van der Waals surface area contributed by atoms with Gasteiger partial charge in [-0.25, -0.2) is 8.42 Å². The lowest BCUT2D eigenvalue weighted by molar-refractivity contribution is -0.137. The summed E-state index contributed by atoms with van der Waals surface area (Å²) in [6, 6.07) is 15.5. The van der Waals surface area contributed by atoms with Crippen molar-refractivity contribution in [1.82, 2.24) is 4.31 Å². The van der Waals surface area contributed by atoms with Gasteiger partial charge in [-0.1, -0.05) is 42.8 Å². The van der Waals surface area contributed by atoms with Crippen molar-refractivity contribution in [2.45, 2.75) is 62.6 Å². The summed E-state index contributed by atoms with van der Waals surface area (Å²) < 4.78 is 40.2. The zero-order valence-electron chi connectivity index (χ0n) is 23.2. The molecule has 3 aromatic rings. The van der Waals surface area contributed by atoms with E-state index in [9.17, 15) is 18.3 Å². The third kappa shape index (κ3) is 5.68. The molecular formula is C30H32ClN3O6S. The summed E-state index contributed by atoms with van der Waals surface area (Å²) in [6.07, 6.45) is -0.593. The van der Waals surface area contributed by atoms with Crippen molar-refractivity contribution in [2.75, 3.05) is 13.7 Å². The van der Waals surface area contributed by atoms with E-state index in [0.29, 0.717) is 38.9 Å². The predicted molar refractivity (Wildman–Crippen MR) is 155 cm³/mol. The van der Waals surface area contributed by atoms with Gasteiger partial charge in [-0.15, -0.1) is 0 Å². The lowest BCUT2D eigenvalue weighted by Gasteiger charge is -2.27. The third-order valence-electron chi connectivity index (χ3n) is 7.74. The van der Waals surface area contributed by atoms with E-state index >= 15 is 0 Å². The molecule has 4 atom stereocenters. The molecule has 2 heterocycles. The number of carboxylic acid groups (broad SMARTS) is 1. The minimum atomic E-state index is -3.88. The molecule has 0 amide bonds. The maximum absolute atomic E-state index is 13.6. The number of halogens is 1. The van der Waals surface area contributed by atoms with Crippen LogP contribution in [-0.4, -0.2) is 49.6 Å². The Bertz CT molecular complexity index is 1630. The zero-order valence-corrected chi connectivity index (χ0v) is 24.8. The minimum absolute atomic E-state index is 0.00599. The highest BCUT2D eigenvalue weighted by Crippen LogP contribution is 2.45. The van der Waals surface area contributed by atoms with Gasteiger partial charge >= 0.3 is 5.97 Å². The highest BCUT2D eigenvalue weighted by Gasteiger charge is 2.34. The summed E-state index contributed by atoms with van der Waals surface area (Å²) in [6.45, 7) is 5.98. The van der Waals surface area contributed by atoms with Gasteiger partial charge in [0.1, 0.15) is 22.5 Å². The van der Waals surface area contributed by atoms with Crippen LogP contribution in [0.5, 0.6) is 11.5 Å². The quantitative estimate of drug-likeness (QED) is 0.331. The Morgan fingerprint density at radius 1 is 1.15 bits per heavy atom. The van der Waals surface area contributed by atoms with Crippen LogP contribution < -0.4 is 9.47 Å². The number of para-hydroxylation sites is 1. The maximum Gasteiger partial charge on any atom is 0.304 e. The molecule has 0 saturated heterocycles. The van der Waals surface area contributed by atoms with E-state index < -0.39 is 28.0 Å². The second-order valence-corrected chi connectivity index (χ2v) is 12.9. The van der Waals surface area contributed by atoms with Crippen molar-refractivity contribution >= 4 is 33.3 Å². The van der Waals surface area contributed by atoms with Gasteiger partial charge in [0, 0.05) is 29.0 Å². The molecular weight excluding hydrogens is 566 g/mol. The number of nitrogens with zero attached hydrogens (tertiary/aromatic N) is 3. The van der Waals surface area contributed by atoms with Crippen LogP contribution in [0.4, 0.5) is 5.69 Å². The van der Waals surface area contributed by atoms with Crippen molar-refractivity contribution in [3.05, 3.63) is 81.9 Å². The lowest BCUT2D eigenvalue weighted by atomic mass is 9.84. The molecule has 0 fully saturated rings. The third-order valence-corrected chi connectivity index (χ3v) is 9.96. The number of fused-ring (bicyclic) bond motifs is 2. The monoisotopic (exact) mass is 597 g/mol. The van der Waals surface area contributed by atoms with Crippen LogP contribution in [-0.2, 0) is 21.4 Å². The Labute approximate surface area is 244 Å². The van der Waals surface area contributed by atoms with E-state index in [1.165, 1.54) is 10.4 Å². The number of carboxylic acids is 1. The molecule has 2 aliphatic rings. The number of benzene rings is 3. The first-order valence-electron chi connectivity index (χ1n) is 13.4. The average molecular weight is 598 g/mol. The SMILES string of the molecule is COc1cc(C(CC(=O)O)c2ccc(Cl)c(CN3CC(C)Oc4ccccc4S3(=O)=O)c2)cc2c1C(C)C(C)N=N2. The molecule has 0 aliphatic carbocycles. The van der Waals surface area contributed by atoms with E-state index in [0.717, 1.165) is 5.56 Å². The fourth-order valence-corrected chi connectivity index (χ4v) is 7.24. The van der Waals surface area contributed by atoms with Gasteiger partial charge < -0.3 is 14.6 Å².